The molecule has 0 amide bonds. The number of likely N-dealkylation sites (N-methyl/N-ethyl adjacent to an activating group) is 1. The molecule has 0 rings (SSSR count). The van der Waals surface area contributed by atoms with Crippen LogP contribution in [0.4, 0.5) is 13.2 Å². The minimum Gasteiger partial charge on any atom is -0.298 e. The first-order valence-electron chi connectivity index (χ1n) is 3.56. The molecule has 0 heterocycles. The largest absolute Gasteiger partial charge is 0.430 e. The van der Waals surface area contributed by atoms with Crippen LogP contribution in [0.1, 0.15) is 13.8 Å². The van der Waals surface area contributed by atoms with Gasteiger partial charge in [-0.05, 0) is 13.8 Å². The van der Waals surface area contributed by atoms with E-state index in [1.54, 1.807) is 0 Å². The molecule has 0 radical (unpaired) electrons. The molecule has 0 spiro atoms. The average molecular weight is 196 g/mol. The quantitative estimate of drug-likeness (QED) is 0.505. The van der Waals surface area contributed by atoms with Crippen molar-refractivity contribution < 1.29 is 18.0 Å². The summed E-state index contributed by atoms with van der Waals surface area (Å²) >= 11 is 0. The summed E-state index contributed by atoms with van der Waals surface area (Å²) < 4.78 is 35.7. The van der Waals surface area contributed by atoms with Crippen LogP contribution in [0, 0.1) is 0 Å². The molecule has 0 aliphatic heterocycles. The second kappa shape index (κ2) is 4.25. The predicted molar refractivity (Wildman–Crippen MR) is 42.5 cm³/mol. The van der Waals surface area contributed by atoms with Crippen LogP contribution in [-0.2, 0) is 4.79 Å². The molecule has 0 saturated heterocycles. The fourth-order valence-electron chi connectivity index (χ4n) is 0.670. The fourth-order valence-corrected chi connectivity index (χ4v) is 0.670. The van der Waals surface area contributed by atoms with E-state index in [0.717, 1.165) is 11.9 Å². The summed E-state index contributed by atoms with van der Waals surface area (Å²) in [4.78, 5) is 10.5. The van der Waals surface area contributed by atoms with Crippen molar-refractivity contribution in [1.82, 2.24) is 5.01 Å². The van der Waals surface area contributed by atoms with Crippen molar-refractivity contribution in [2.24, 2.45) is 5.10 Å². The van der Waals surface area contributed by atoms with E-state index >= 15 is 0 Å². The Morgan fingerprint density at radius 1 is 1.38 bits per heavy atom. The number of halogens is 3. The van der Waals surface area contributed by atoms with Gasteiger partial charge >= 0.3 is 6.18 Å². The SMILES string of the molecule is CC(=O)CN(C)/N=C(\C)C(F)(F)F. The van der Waals surface area contributed by atoms with E-state index in [1.807, 2.05) is 0 Å². The lowest BCUT2D eigenvalue weighted by atomic mass is 10.4. The van der Waals surface area contributed by atoms with Gasteiger partial charge in [-0.2, -0.15) is 18.3 Å². The van der Waals surface area contributed by atoms with Gasteiger partial charge in [-0.3, -0.25) is 9.80 Å². The summed E-state index contributed by atoms with van der Waals surface area (Å²) in [6.45, 7) is 2.03. The van der Waals surface area contributed by atoms with Crippen molar-refractivity contribution in [3.63, 3.8) is 0 Å². The lowest BCUT2D eigenvalue weighted by Gasteiger charge is -2.13. The van der Waals surface area contributed by atoms with Crippen LogP contribution in [0.3, 0.4) is 0 Å². The van der Waals surface area contributed by atoms with Crippen molar-refractivity contribution >= 4 is 11.5 Å². The zero-order chi connectivity index (χ0) is 10.6. The molecule has 0 aliphatic carbocycles. The van der Waals surface area contributed by atoms with Gasteiger partial charge in [0.05, 0.1) is 6.54 Å². The highest BCUT2D eigenvalue weighted by molar-refractivity contribution is 5.87. The highest BCUT2D eigenvalue weighted by Gasteiger charge is 2.32. The maximum Gasteiger partial charge on any atom is 0.430 e. The molecule has 0 fully saturated rings. The smallest absolute Gasteiger partial charge is 0.298 e. The predicted octanol–water partition coefficient (Wildman–Crippen LogP) is 1.45. The maximum atomic E-state index is 11.9. The van der Waals surface area contributed by atoms with Crippen LogP contribution >= 0.6 is 0 Å². The Morgan fingerprint density at radius 3 is 2.15 bits per heavy atom. The van der Waals surface area contributed by atoms with Crippen molar-refractivity contribution in [2.75, 3.05) is 13.6 Å². The number of Topliss-reactive ketones (excluding diaryl/α,β-unsaturated/α-hetero) is 1. The van der Waals surface area contributed by atoms with E-state index in [2.05, 4.69) is 5.10 Å². The third-order valence-corrected chi connectivity index (χ3v) is 1.18. The Morgan fingerprint density at radius 2 is 1.85 bits per heavy atom. The number of carbonyl (C=O) groups is 1. The van der Waals surface area contributed by atoms with Crippen LogP contribution < -0.4 is 0 Å². The molecular formula is C7H11F3N2O. The third-order valence-electron chi connectivity index (χ3n) is 1.18. The van der Waals surface area contributed by atoms with E-state index in [0.29, 0.717) is 0 Å². The summed E-state index contributed by atoms with van der Waals surface area (Å²) in [5.41, 5.74) is -0.962. The third kappa shape index (κ3) is 5.21. The highest BCUT2D eigenvalue weighted by atomic mass is 19.4. The van der Waals surface area contributed by atoms with Gasteiger partial charge < -0.3 is 0 Å². The van der Waals surface area contributed by atoms with Crippen LogP contribution in [0.5, 0.6) is 0 Å². The van der Waals surface area contributed by atoms with E-state index in [-0.39, 0.29) is 12.3 Å². The first kappa shape index (κ1) is 11.9. The van der Waals surface area contributed by atoms with Crippen LogP contribution in [0.2, 0.25) is 0 Å². The van der Waals surface area contributed by atoms with Crippen LogP contribution in [0.15, 0.2) is 5.10 Å². The molecular weight excluding hydrogens is 185 g/mol. The Balaban J connectivity index is 4.30. The Kier molecular flexibility index (Phi) is 3.90. The Bertz CT molecular complexity index is 222. The molecule has 0 aromatic rings. The van der Waals surface area contributed by atoms with Gasteiger partial charge in [0.25, 0.3) is 0 Å². The van der Waals surface area contributed by atoms with E-state index in [9.17, 15) is 18.0 Å². The van der Waals surface area contributed by atoms with Gasteiger partial charge in [0.15, 0.2) is 5.78 Å². The number of ketones is 1. The highest BCUT2D eigenvalue weighted by Crippen LogP contribution is 2.16. The first-order chi connectivity index (χ1) is 5.73. The van der Waals surface area contributed by atoms with Gasteiger partial charge in [-0.15, -0.1) is 0 Å². The molecule has 76 valence electrons. The van der Waals surface area contributed by atoms with E-state index in [4.69, 9.17) is 0 Å². The molecule has 0 atom stereocenters. The monoisotopic (exact) mass is 196 g/mol. The zero-order valence-corrected chi connectivity index (χ0v) is 7.64. The van der Waals surface area contributed by atoms with Crippen molar-refractivity contribution in [1.29, 1.82) is 0 Å². The van der Waals surface area contributed by atoms with Gasteiger partial charge in [-0.25, -0.2) is 0 Å². The molecule has 0 N–H and O–H groups in total. The molecule has 0 bridgehead atoms. The second-order valence-corrected chi connectivity index (χ2v) is 2.70. The normalized spacial score (nSPS) is 12.9. The molecule has 13 heavy (non-hydrogen) atoms. The number of alkyl halides is 3. The van der Waals surface area contributed by atoms with Crippen LogP contribution in [-0.4, -0.2) is 36.3 Å². The molecule has 6 heteroatoms. The Labute approximate surface area is 74.2 Å². The minimum absolute atomic E-state index is 0.118. The van der Waals surface area contributed by atoms with Gasteiger partial charge in [0, 0.05) is 7.05 Å². The fraction of sp³-hybridized carbons (Fsp3) is 0.714. The summed E-state index contributed by atoms with van der Waals surface area (Å²) in [6, 6.07) is 0. The lowest BCUT2D eigenvalue weighted by Crippen LogP contribution is -2.26. The summed E-state index contributed by atoms with van der Waals surface area (Å²) in [6.07, 6.45) is -4.43. The summed E-state index contributed by atoms with van der Waals surface area (Å²) in [5.74, 6) is -0.235. The number of hydrazone groups is 1. The van der Waals surface area contributed by atoms with Crippen molar-refractivity contribution in [3.05, 3.63) is 0 Å². The number of nitrogens with zero attached hydrogens (tertiary/aromatic N) is 2. The van der Waals surface area contributed by atoms with Crippen LogP contribution in [0.25, 0.3) is 0 Å². The zero-order valence-electron chi connectivity index (χ0n) is 7.64. The van der Waals surface area contributed by atoms with Gasteiger partial charge in [0.2, 0.25) is 0 Å². The lowest BCUT2D eigenvalue weighted by molar-refractivity contribution is -0.118. The molecule has 0 aromatic heterocycles. The topological polar surface area (TPSA) is 32.7 Å². The van der Waals surface area contributed by atoms with E-state index in [1.165, 1.54) is 14.0 Å². The minimum atomic E-state index is -4.43. The number of rotatable bonds is 3. The average Bonchev–Trinajstić information content (AvgIpc) is 1.82. The Hall–Kier alpha value is -1.07. The first-order valence-corrected chi connectivity index (χ1v) is 3.56. The van der Waals surface area contributed by atoms with Crippen molar-refractivity contribution in [3.8, 4) is 0 Å². The van der Waals surface area contributed by atoms with Crippen molar-refractivity contribution in [2.45, 2.75) is 20.0 Å². The number of carbonyl (C=O) groups excluding carboxylic acids is 1. The molecule has 0 aliphatic rings. The van der Waals surface area contributed by atoms with Gasteiger partial charge in [0.1, 0.15) is 5.71 Å². The maximum absolute atomic E-state index is 11.9. The van der Waals surface area contributed by atoms with E-state index < -0.39 is 11.9 Å². The summed E-state index contributed by atoms with van der Waals surface area (Å²) in [5, 5.41) is 4.16. The molecule has 3 nitrogen and oxygen atoms in total. The molecule has 0 unspecified atom stereocenters. The molecule has 0 saturated carbocycles. The number of hydrogen-bond acceptors (Lipinski definition) is 3. The standard InChI is InChI=1S/C7H11F3N2O/c1-5(13)4-12(3)11-6(2)7(8,9)10/h4H2,1-3H3/b11-6+. The van der Waals surface area contributed by atoms with Gasteiger partial charge in [-0.1, -0.05) is 0 Å². The number of hydrogen-bond donors (Lipinski definition) is 0. The molecule has 0 aromatic carbocycles. The summed E-state index contributed by atoms with van der Waals surface area (Å²) in [7, 11) is 1.32. The second-order valence-electron chi connectivity index (χ2n) is 2.70.